The summed E-state index contributed by atoms with van der Waals surface area (Å²) in [4.78, 5) is 33.5. The van der Waals surface area contributed by atoms with Crippen molar-refractivity contribution in [1.29, 1.82) is 0 Å². The molecular weight excluding hydrogens is 500 g/mol. The van der Waals surface area contributed by atoms with E-state index in [2.05, 4.69) is 13.8 Å². The van der Waals surface area contributed by atoms with Crippen molar-refractivity contribution in [3.8, 4) is 0 Å². The quantitative estimate of drug-likeness (QED) is 0.270. The smallest absolute Gasteiger partial charge is 0.338 e. The van der Waals surface area contributed by atoms with E-state index in [1.165, 1.54) is 6.42 Å². The molecule has 0 aliphatic carbocycles. The van der Waals surface area contributed by atoms with Crippen LogP contribution in [0.1, 0.15) is 125 Å². The molecule has 2 rings (SSSR count). The highest BCUT2D eigenvalue weighted by atomic mass is 16.5. The van der Waals surface area contributed by atoms with Crippen molar-refractivity contribution in [2.45, 2.75) is 116 Å². The van der Waals surface area contributed by atoms with Crippen molar-refractivity contribution in [3.63, 3.8) is 0 Å². The van der Waals surface area contributed by atoms with E-state index in [4.69, 9.17) is 9.47 Å². The summed E-state index contributed by atoms with van der Waals surface area (Å²) in [6.45, 7) is 18.0. The molecule has 2 aromatic carbocycles. The molecular formula is C35H60O5. The Hall–Kier alpha value is -2.95. The number of ether oxygens (including phenoxy) is 2. The van der Waals surface area contributed by atoms with E-state index in [9.17, 15) is 14.4 Å². The molecule has 5 heteroatoms. The van der Waals surface area contributed by atoms with Gasteiger partial charge in [0.25, 0.3) is 0 Å². The molecule has 0 bridgehead atoms. The Morgan fingerprint density at radius 2 is 0.925 bits per heavy atom. The normalized spacial score (nSPS) is 11.1. The molecule has 2 aromatic rings. The molecule has 0 radical (unpaired) electrons. The number of benzene rings is 2. The van der Waals surface area contributed by atoms with Crippen molar-refractivity contribution in [2.75, 3.05) is 0 Å². The zero-order valence-electron chi connectivity index (χ0n) is 24.3. The van der Waals surface area contributed by atoms with E-state index < -0.39 is 0 Å². The summed E-state index contributed by atoms with van der Waals surface area (Å²) in [5.41, 5.74) is 1.22. The largest absolute Gasteiger partial charge is 0.459 e. The summed E-state index contributed by atoms with van der Waals surface area (Å²) >= 11 is 0. The molecule has 40 heavy (non-hydrogen) atoms. The first-order chi connectivity index (χ1) is 17.3. The monoisotopic (exact) mass is 560 g/mol. The SMILES string of the molecule is C.C.C.CC(=O)CCCC(C)C.CC(C)[C@@H](C)OC(=O)c1ccccc1.CC(C)[C@H](C)OC(=O)c1ccccc1. The van der Waals surface area contributed by atoms with Crippen molar-refractivity contribution < 1.29 is 23.9 Å². The lowest BCUT2D eigenvalue weighted by molar-refractivity contribution is -0.117. The van der Waals surface area contributed by atoms with Gasteiger partial charge in [-0.1, -0.05) is 107 Å². The molecule has 230 valence electrons. The number of esters is 2. The second kappa shape index (κ2) is 25.0. The topological polar surface area (TPSA) is 69.7 Å². The van der Waals surface area contributed by atoms with Crippen molar-refractivity contribution in [3.05, 3.63) is 71.8 Å². The van der Waals surface area contributed by atoms with Crippen LogP contribution >= 0.6 is 0 Å². The molecule has 0 saturated heterocycles. The van der Waals surface area contributed by atoms with Gasteiger partial charge in [-0.3, -0.25) is 0 Å². The van der Waals surface area contributed by atoms with Crippen LogP contribution in [0.15, 0.2) is 60.7 Å². The van der Waals surface area contributed by atoms with Gasteiger partial charge < -0.3 is 14.3 Å². The van der Waals surface area contributed by atoms with Crippen LogP contribution in [0.3, 0.4) is 0 Å². The van der Waals surface area contributed by atoms with E-state index in [1.807, 2.05) is 77.9 Å². The van der Waals surface area contributed by atoms with Crippen molar-refractivity contribution >= 4 is 17.7 Å². The summed E-state index contributed by atoms with van der Waals surface area (Å²) in [5.74, 6) is 1.27. The lowest BCUT2D eigenvalue weighted by atomic mass is 10.1. The first-order valence-corrected chi connectivity index (χ1v) is 13.4. The Bertz CT molecular complexity index is 825. The Labute approximate surface area is 247 Å². The summed E-state index contributed by atoms with van der Waals surface area (Å²) in [5, 5.41) is 0. The minimum atomic E-state index is -0.244. The molecule has 0 N–H and O–H groups in total. The Morgan fingerprint density at radius 1 is 0.600 bits per heavy atom. The Morgan fingerprint density at radius 3 is 1.18 bits per heavy atom. The number of carbonyl (C=O) groups excluding carboxylic acids is 3. The van der Waals surface area contributed by atoms with Crippen LogP contribution in [0.5, 0.6) is 0 Å². The molecule has 2 atom stereocenters. The van der Waals surface area contributed by atoms with Crippen LogP contribution in [0.25, 0.3) is 0 Å². The Balaban J connectivity index is -0.000000240. The summed E-state index contributed by atoms with van der Waals surface area (Å²) in [7, 11) is 0. The standard InChI is InChI=1S/2C12H16O2.C8H16O.3CH4/c2*1-9(2)10(3)14-12(13)11-7-5-4-6-8-11;1-7(2)5-4-6-8(3)9;;;/h2*4-10H,1-3H3;7H,4-6H2,1-3H3;3*1H4/t2*10-;;;;/m10..../s1. The molecule has 0 heterocycles. The minimum absolute atomic E-state index is 0. The number of hydrogen-bond acceptors (Lipinski definition) is 5. The fraction of sp³-hybridized carbons (Fsp3) is 0.571. The molecule has 0 spiro atoms. The van der Waals surface area contributed by atoms with E-state index in [1.54, 1.807) is 31.2 Å². The molecule has 0 unspecified atom stereocenters. The average molecular weight is 561 g/mol. The molecule has 0 saturated carbocycles. The van der Waals surface area contributed by atoms with Gasteiger partial charge >= 0.3 is 11.9 Å². The zero-order valence-corrected chi connectivity index (χ0v) is 24.3. The predicted molar refractivity (Wildman–Crippen MR) is 172 cm³/mol. The number of rotatable bonds is 10. The van der Waals surface area contributed by atoms with E-state index in [0.717, 1.165) is 18.8 Å². The molecule has 0 aliphatic heterocycles. The number of carbonyl (C=O) groups is 3. The van der Waals surface area contributed by atoms with Crippen LogP contribution in [-0.2, 0) is 14.3 Å². The third-order valence-electron chi connectivity index (χ3n) is 5.79. The van der Waals surface area contributed by atoms with E-state index >= 15 is 0 Å². The molecule has 0 fully saturated rings. The van der Waals surface area contributed by atoms with Crippen LogP contribution in [0.2, 0.25) is 0 Å². The second-order valence-electron chi connectivity index (χ2n) is 10.4. The number of Topliss-reactive ketones (excluding diaryl/α,β-unsaturated/α-hetero) is 1. The zero-order chi connectivity index (χ0) is 28.4. The maximum absolute atomic E-state index is 11.5. The van der Waals surface area contributed by atoms with Crippen molar-refractivity contribution in [1.82, 2.24) is 0 Å². The maximum Gasteiger partial charge on any atom is 0.338 e. The average Bonchev–Trinajstić information content (AvgIpc) is 2.85. The lowest BCUT2D eigenvalue weighted by Crippen LogP contribution is -2.20. The van der Waals surface area contributed by atoms with E-state index in [0.29, 0.717) is 28.7 Å². The first kappa shape index (κ1) is 44.1. The summed E-state index contributed by atoms with van der Waals surface area (Å²) < 4.78 is 10.5. The van der Waals surface area contributed by atoms with Gasteiger partial charge in [-0.15, -0.1) is 0 Å². The van der Waals surface area contributed by atoms with Gasteiger partial charge in [0.2, 0.25) is 0 Å². The maximum atomic E-state index is 11.5. The highest BCUT2D eigenvalue weighted by Gasteiger charge is 2.14. The van der Waals surface area contributed by atoms with Gasteiger partial charge in [-0.25, -0.2) is 9.59 Å². The van der Waals surface area contributed by atoms with Crippen LogP contribution in [-0.4, -0.2) is 29.9 Å². The van der Waals surface area contributed by atoms with E-state index in [-0.39, 0.29) is 46.4 Å². The lowest BCUT2D eigenvalue weighted by Gasteiger charge is -2.16. The van der Waals surface area contributed by atoms with Gasteiger partial charge in [-0.2, -0.15) is 0 Å². The van der Waals surface area contributed by atoms with Gasteiger partial charge in [0.15, 0.2) is 0 Å². The van der Waals surface area contributed by atoms with Gasteiger partial charge in [0.1, 0.15) is 18.0 Å². The van der Waals surface area contributed by atoms with Crippen molar-refractivity contribution in [2.24, 2.45) is 17.8 Å². The molecule has 0 amide bonds. The predicted octanol–water partition coefficient (Wildman–Crippen LogP) is 10.1. The third-order valence-corrected chi connectivity index (χ3v) is 5.79. The van der Waals surface area contributed by atoms with Gasteiger partial charge in [0.05, 0.1) is 11.1 Å². The highest BCUT2D eigenvalue weighted by Crippen LogP contribution is 2.10. The summed E-state index contributed by atoms with van der Waals surface area (Å²) in [6.07, 6.45) is 2.93. The second-order valence-corrected chi connectivity index (χ2v) is 10.4. The first-order valence-electron chi connectivity index (χ1n) is 13.4. The molecule has 5 nitrogen and oxygen atoms in total. The van der Waals surface area contributed by atoms with Crippen LogP contribution in [0.4, 0.5) is 0 Å². The van der Waals surface area contributed by atoms with Crippen LogP contribution < -0.4 is 0 Å². The highest BCUT2D eigenvalue weighted by molar-refractivity contribution is 5.89. The molecule has 0 aromatic heterocycles. The minimum Gasteiger partial charge on any atom is -0.459 e. The van der Waals surface area contributed by atoms with Gasteiger partial charge in [-0.05, 0) is 69.2 Å². The van der Waals surface area contributed by atoms with Gasteiger partial charge in [0, 0.05) is 6.42 Å². The third kappa shape index (κ3) is 21.9. The number of hydrogen-bond donors (Lipinski definition) is 0. The fourth-order valence-corrected chi connectivity index (χ4v) is 2.65. The Kier molecular flexibility index (Phi) is 27.6. The fourth-order valence-electron chi connectivity index (χ4n) is 2.65. The van der Waals surface area contributed by atoms with Crippen LogP contribution in [0, 0.1) is 17.8 Å². The summed E-state index contributed by atoms with van der Waals surface area (Å²) in [6, 6.07) is 18.1. The molecule has 0 aliphatic rings. The number of ketones is 1.